The molecule has 1 N–H and O–H groups in total. The van der Waals surface area contributed by atoms with E-state index in [1.54, 1.807) is 22.8 Å². The number of amides is 1. The highest BCUT2D eigenvalue weighted by atomic mass is 32.2. The first kappa shape index (κ1) is 25.4. The lowest BCUT2D eigenvalue weighted by molar-refractivity contribution is -0.114. The fourth-order valence-corrected chi connectivity index (χ4v) is 6.11. The van der Waals surface area contributed by atoms with Crippen LogP contribution in [-0.2, 0) is 21.4 Å². The van der Waals surface area contributed by atoms with Crippen LogP contribution >= 0.6 is 11.3 Å². The van der Waals surface area contributed by atoms with E-state index in [-0.39, 0.29) is 15.5 Å². The molecule has 0 saturated heterocycles. The average Bonchev–Trinajstić information content (AvgIpc) is 3.17. The van der Waals surface area contributed by atoms with Gasteiger partial charge >= 0.3 is 4.87 Å². The molecule has 3 aromatic carbocycles. The number of thiazole rings is 1. The van der Waals surface area contributed by atoms with Gasteiger partial charge in [-0.25, -0.2) is 12.8 Å². The molecule has 0 unspecified atom stereocenters. The van der Waals surface area contributed by atoms with Crippen LogP contribution in [0.25, 0.3) is 10.2 Å². The van der Waals surface area contributed by atoms with Crippen molar-refractivity contribution in [1.82, 2.24) is 4.57 Å². The van der Waals surface area contributed by atoms with E-state index in [9.17, 15) is 22.4 Å². The summed E-state index contributed by atoms with van der Waals surface area (Å²) in [5.41, 5.74) is 1.32. The van der Waals surface area contributed by atoms with Crippen LogP contribution in [0.4, 0.5) is 15.8 Å². The minimum Gasteiger partial charge on any atom is -0.494 e. The number of carbonyl (C=O) groups excluding carboxylic acids is 1. The van der Waals surface area contributed by atoms with Crippen LogP contribution in [0.2, 0.25) is 0 Å². The number of aromatic nitrogens is 1. The van der Waals surface area contributed by atoms with E-state index < -0.39 is 28.3 Å². The second kappa shape index (κ2) is 10.5. The van der Waals surface area contributed by atoms with Crippen molar-refractivity contribution in [2.75, 3.05) is 22.8 Å². The number of nitrogens with one attached hydrogen (secondary N) is 1. The maximum atomic E-state index is 13.5. The quantitative estimate of drug-likeness (QED) is 0.345. The summed E-state index contributed by atoms with van der Waals surface area (Å²) in [6.07, 6.45) is 0. The number of ether oxygens (including phenoxy) is 1. The van der Waals surface area contributed by atoms with E-state index in [0.29, 0.717) is 29.3 Å². The maximum absolute atomic E-state index is 13.5. The molecular weight excluding hydrogens is 505 g/mol. The Bertz CT molecular complexity index is 1550. The molecule has 1 heterocycles. The summed E-state index contributed by atoms with van der Waals surface area (Å²) in [5, 5.41) is 2.70. The fourth-order valence-electron chi connectivity index (χ4n) is 3.70. The number of benzene rings is 3. The van der Waals surface area contributed by atoms with Gasteiger partial charge < -0.3 is 10.1 Å². The van der Waals surface area contributed by atoms with Gasteiger partial charge in [0.25, 0.3) is 10.0 Å². The number of sulfonamides is 1. The Kier molecular flexibility index (Phi) is 7.41. The summed E-state index contributed by atoms with van der Waals surface area (Å²) in [5.74, 6) is -0.625. The van der Waals surface area contributed by atoms with Crippen molar-refractivity contribution >= 4 is 48.9 Å². The molecule has 0 aliphatic rings. The molecule has 8 nitrogen and oxygen atoms in total. The van der Waals surface area contributed by atoms with Gasteiger partial charge in [0.15, 0.2) is 0 Å². The van der Waals surface area contributed by atoms with Gasteiger partial charge in [-0.05, 0) is 80.6 Å². The number of rotatable bonds is 9. The highest BCUT2D eigenvalue weighted by molar-refractivity contribution is 7.92. The van der Waals surface area contributed by atoms with E-state index in [1.807, 2.05) is 13.8 Å². The van der Waals surface area contributed by atoms with Crippen LogP contribution in [-0.4, -0.2) is 32.0 Å². The first-order valence-electron chi connectivity index (χ1n) is 11.2. The number of hydrogen-bond acceptors (Lipinski definition) is 6. The average molecular weight is 530 g/mol. The first-order chi connectivity index (χ1) is 17.2. The first-order valence-corrected chi connectivity index (χ1v) is 13.4. The number of nitrogens with zero attached hydrogens (tertiary/aromatic N) is 2. The Balaban J connectivity index is 1.62. The van der Waals surface area contributed by atoms with Crippen LogP contribution in [0.5, 0.6) is 5.75 Å². The predicted octanol–water partition coefficient (Wildman–Crippen LogP) is 4.45. The second-order valence-electron chi connectivity index (χ2n) is 7.74. The summed E-state index contributed by atoms with van der Waals surface area (Å²) in [6.45, 7) is 4.10. The van der Waals surface area contributed by atoms with E-state index in [2.05, 4.69) is 5.32 Å². The zero-order valence-corrected chi connectivity index (χ0v) is 21.2. The van der Waals surface area contributed by atoms with Crippen molar-refractivity contribution in [3.63, 3.8) is 0 Å². The molecule has 36 heavy (non-hydrogen) atoms. The van der Waals surface area contributed by atoms with E-state index in [0.717, 1.165) is 33.3 Å². The zero-order chi connectivity index (χ0) is 25.9. The number of carbonyl (C=O) groups is 1. The van der Waals surface area contributed by atoms with Gasteiger partial charge in [-0.15, -0.1) is 0 Å². The third kappa shape index (κ3) is 5.26. The summed E-state index contributed by atoms with van der Waals surface area (Å²) in [6, 6.07) is 15.8. The number of hydrogen-bond donors (Lipinski definition) is 1. The molecule has 0 fully saturated rings. The lowest BCUT2D eigenvalue weighted by atomic mass is 10.3. The van der Waals surface area contributed by atoms with Crippen molar-refractivity contribution in [3.8, 4) is 5.75 Å². The highest BCUT2D eigenvalue weighted by Crippen LogP contribution is 2.26. The fraction of sp³-hybridized carbons (Fsp3) is 0.200. The number of aryl methyl sites for hydroxylation is 1. The lowest BCUT2D eigenvalue weighted by Crippen LogP contribution is -2.38. The molecule has 0 atom stereocenters. The molecule has 0 radical (unpaired) electrons. The molecule has 4 aromatic rings. The van der Waals surface area contributed by atoms with Crippen LogP contribution in [0.1, 0.15) is 13.8 Å². The third-order valence-electron chi connectivity index (χ3n) is 5.39. The standard InChI is InChI=1S/C25H24FN3O5S2/c1-3-28-22-14-7-18(15-23(22)35-25(28)31)27-24(30)16-29(19-8-5-17(26)6-9-19)36(32,33)21-12-10-20(11-13-21)34-4-2/h5-15H,3-4,16H2,1-2H3,(H,27,30). The summed E-state index contributed by atoms with van der Waals surface area (Å²) >= 11 is 1.07. The molecule has 0 saturated carbocycles. The summed E-state index contributed by atoms with van der Waals surface area (Å²) < 4.78 is 49.2. The minimum absolute atomic E-state index is 0.0461. The van der Waals surface area contributed by atoms with Crippen molar-refractivity contribution in [1.29, 1.82) is 0 Å². The second-order valence-corrected chi connectivity index (χ2v) is 10.6. The van der Waals surface area contributed by atoms with Gasteiger partial charge in [-0.1, -0.05) is 11.3 Å². The molecule has 0 aliphatic heterocycles. The van der Waals surface area contributed by atoms with Crippen LogP contribution in [0, 0.1) is 5.82 Å². The van der Waals surface area contributed by atoms with Gasteiger partial charge in [0.05, 0.1) is 27.4 Å². The Hall–Kier alpha value is -3.70. The molecular formula is C25H24FN3O5S2. The molecule has 188 valence electrons. The minimum atomic E-state index is -4.17. The topological polar surface area (TPSA) is 97.7 Å². The predicted molar refractivity (Wildman–Crippen MR) is 139 cm³/mol. The van der Waals surface area contributed by atoms with Crippen molar-refractivity contribution < 1.29 is 22.3 Å². The third-order valence-corrected chi connectivity index (χ3v) is 8.12. The summed E-state index contributed by atoms with van der Waals surface area (Å²) in [7, 11) is -4.17. The van der Waals surface area contributed by atoms with Crippen LogP contribution in [0.3, 0.4) is 0 Å². The lowest BCUT2D eigenvalue weighted by Gasteiger charge is -2.24. The molecule has 0 spiro atoms. The Morgan fingerprint density at radius 3 is 2.39 bits per heavy atom. The van der Waals surface area contributed by atoms with Gasteiger partial charge in [-0.2, -0.15) is 0 Å². The molecule has 1 amide bonds. The monoisotopic (exact) mass is 529 g/mol. The van der Waals surface area contributed by atoms with Crippen molar-refractivity contribution in [3.05, 3.63) is 82.2 Å². The van der Waals surface area contributed by atoms with Gasteiger partial charge in [0.1, 0.15) is 18.1 Å². The van der Waals surface area contributed by atoms with E-state index >= 15 is 0 Å². The number of fused-ring (bicyclic) bond motifs is 1. The zero-order valence-electron chi connectivity index (χ0n) is 19.6. The summed E-state index contributed by atoms with van der Waals surface area (Å²) in [4.78, 5) is 24.9. The molecule has 4 rings (SSSR count). The highest BCUT2D eigenvalue weighted by Gasteiger charge is 2.27. The smallest absolute Gasteiger partial charge is 0.308 e. The Morgan fingerprint density at radius 1 is 1.06 bits per heavy atom. The van der Waals surface area contributed by atoms with Crippen LogP contribution < -0.4 is 19.2 Å². The SMILES string of the molecule is CCOc1ccc(S(=O)(=O)N(CC(=O)Nc2ccc3c(c2)sc(=O)n3CC)c2ccc(F)cc2)cc1. The van der Waals surface area contributed by atoms with Crippen molar-refractivity contribution in [2.24, 2.45) is 0 Å². The maximum Gasteiger partial charge on any atom is 0.308 e. The van der Waals surface area contributed by atoms with Gasteiger partial charge in [0, 0.05) is 12.2 Å². The van der Waals surface area contributed by atoms with E-state index in [1.165, 1.54) is 36.4 Å². The Labute approximate surface area is 211 Å². The largest absolute Gasteiger partial charge is 0.494 e. The molecule has 0 aliphatic carbocycles. The van der Waals surface area contributed by atoms with Gasteiger partial charge in [0.2, 0.25) is 5.91 Å². The normalized spacial score (nSPS) is 11.4. The number of halogens is 1. The molecule has 11 heteroatoms. The van der Waals surface area contributed by atoms with Crippen LogP contribution in [0.15, 0.2) is 76.4 Å². The molecule has 1 aromatic heterocycles. The molecule has 0 bridgehead atoms. The number of anilines is 2. The van der Waals surface area contributed by atoms with E-state index in [4.69, 9.17) is 4.74 Å². The Morgan fingerprint density at radius 2 is 1.75 bits per heavy atom. The van der Waals surface area contributed by atoms with Gasteiger partial charge in [-0.3, -0.25) is 18.5 Å². The van der Waals surface area contributed by atoms with Crippen molar-refractivity contribution in [2.45, 2.75) is 25.3 Å².